The van der Waals surface area contributed by atoms with Gasteiger partial charge < -0.3 is 10.6 Å². The summed E-state index contributed by atoms with van der Waals surface area (Å²) in [5.41, 5.74) is 1.76. The number of nitrogens with zero attached hydrogens (tertiary/aromatic N) is 1. The number of urea groups is 1. The number of aromatic nitrogens is 1. The van der Waals surface area contributed by atoms with E-state index >= 15 is 0 Å². The molecule has 6 nitrogen and oxygen atoms in total. The van der Waals surface area contributed by atoms with E-state index in [0.717, 1.165) is 29.0 Å². The number of carbonyl (C=O) groups excluding carboxylic acids is 2. The molecule has 27 heavy (non-hydrogen) atoms. The second-order valence-corrected chi connectivity index (χ2v) is 6.43. The summed E-state index contributed by atoms with van der Waals surface area (Å²) < 4.78 is 26.1. The van der Waals surface area contributed by atoms with Crippen LogP contribution in [0.3, 0.4) is 0 Å². The monoisotopic (exact) mass is 388 g/mol. The zero-order valence-corrected chi connectivity index (χ0v) is 14.9. The predicted molar refractivity (Wildman–Crippen MR) is 100 cm³/mol. The van der Waals surface area contributed by atoms with Crippen molar-refractivity contribution in [3.63, 3.8) is 0 Å². The maximum Gasteiger partial charge on any atom is 0.325 e. The van der Waals surface area contributed by atoms with Crippen LogP contribution < -0.4 is 16.0 Å². The second-order valence-electron chi connectivity index (χ2n) is 5.57. The first kappa shape index (κ1) is 18.5. The number of hydrogen-bond acceptors (Lipinski definition) is 4. The molecule has 0 radical (unpaired) electrons. The zero-order valence-electron chi connectivity index (χ0n) is 14.0. The van der Waals surface area contributed by atoms with Gasteiger partial charge in [0.15, 0.2) is 16.8 Å². The molecule has 0 aliphatic rings. The van der Waals surface area contributed by atoms with E-state index in [9.17, 15) is 18.4 Å². The van der Waals surface area contributed by atoms with Crippen molar-refractivity contribution in [3.05, 3.63) is 70.7 Å². The molecule has 9 heteroatoms. The lowest BCUT2D eigenvalue weighted by molar-refractivity contribution is 0.102. The van der Waals surface area contributed by atoms with Crippen molar-refractivity contribution in [1.82, 2.24) is 4.98 Å². The van der Waals surface area contributed by atoms with Crippen LogP contribution >= 0.6 is 11.3 Å². The highest BCUT2D eigenvalue weighted by molar-refractivity contribution is 7.14. The van der Waals surface area contributed by atoms with Gasteiger partial charge in [0.1, 0.15) is 5.69 Å². The molecule has 1 aromatic heterocycles. The highest BCUT2D eigenvalue weighted by Crippen LogP contribution is 2.19. The van der Waals surface area contributed by atoms with Gasteiger partial charge in [-0.2, -0.15) is 0 Å². The smallest absolute Gasteiger partial charge is 0.321 e. The normalized spacial score (nSPS) is 10.3. The Labute approximate surface area is 157 Å². The minimum atomic E-state index is -1.07. The highest BCUT2D eigenvalue weighted by atomic mass is 32.1. The van der Waals surface area contributed by atoms with E-state index in [0.29, 0.717) is 5.69 Å². The van der Waals surface area contributed by atoms with E-state index < -0.39 is 23.6 Å². The fraction of sp³-hybridized carbons (Fsp3) is 0.0556. The molecule has 0 saturated carbocycles. The lowest BCUT2D eigenvalue weighted by Gasteiger charge is -2.06. The summed E-state index contributed by atoms with van der Waals surface area (Å²) in [6, 6.07) is 9.79. The summed E-state index contributed by atoms with van der Waals surface area (Å²) in [5, 5.41) is 9.26. The lowest BCUT2D eigenvalue weighted by Crippen LogP contribution is -2.19. The third-order valence-electron chi connectivity index (χ3n) is 3.41. The molecule has 0 aliphatic carbocycles. The average Bonchev–Trinajstić information content (AvgIpc) is 3.06. The molecule has 0 unspecified atom stereocenters. The van der Waals surface area contributed by atoms with Crippen molar-refractivity contribution in [1.29, 1.82) is 0 Å². The van der Waals surface area contributed by atoms with Crippen molar-refractivity contribution >= 4 is 39.8 Å². The largest absolute Gasteiger partial charge is 0.325 e. The first-order valence-electron chi connectivity index (χ1n) is 7.77. The van der Waals surface area contributed by atoms with E-state index in [-0.39, 0.29) is 16.5 Å². The topological polar surface area (TPSA) is 83.1 Å². The molecule has 0 fully saturated rings. The molecule has 138 valence electrons. The third-order valence-corrected chi connectivity index (χ3v) is 4.17. The van der Waals surface area contributed by atoms with Crippen molar-refractivity contribution in [2.45, 2.75) is 6.92 Å². The van der Waals surface area contributed by atoms with Crippen LogP contribution in [0.2, 0.25) is 0 Å². The second kappa shape index (κ2) is 7.92. The van der Waals surface area contributed by atoms with Gasteiger partial charge in [0.25, 0.3) is 5.91 Å². The van der Waals surface area contributed by atoms with Crippen LogP contribution in [-0.2, 0) is 0 Å². The zero-order chi connectivity index (χ0) is 19.4. The Balaban J connectivity index is 1.61. The van der Waals surface area contributed by atoms with Crippen LogP contribution in [0, 0.1) is 18.6 Å². The number of amides is 3. The summed E-state index contributed by atoms with van der Waals surface area (Å²) in [6.07, 6.45) is 0. The Kier molecular flexibility index (Phi) is 5.41. The number of anilines is 3. The summed E-state index contributed by atoms with van der Waals surface area (Å²) in [7, 11) is 0. The minimum absolute atomic E-state index is 0.0376. The Hall–Kier alpha value is -3.33. The predicted octanol–water partition coefficient (Wildman–Crippen LogP) is 4.63. The Morgan fingerprint density at radius 1 is 0.963 bits per heavy atom. The number of thiazole rings is 1. The van der Waals surface area contributed by atoms with Crippen LogP contribution in [-0.4, -0.2) is 16.9 Å². The molecule has 2 aromatic carbocycles. The number of nitrogens with one attached hydrogen (secondary N) is 3. The lowest BCUT2D eigenvalue weighted by atomic mass is 10.2. The molecule has 3 aromatic rings. The van der Waals surface area contributed by atoms with E-state index in [1.807, 2.05) is 25.1 Å². The van der Waals surface area contributed by atoms with Gasteiger partial charge in [-0.15, -0.1) is 11.3 Å². The fourth-order valence-electron chi connectivity index (χ4n) is 2.19. The highest BCUT2D eigenvalue weighted by Gasteiger charge is 2.14. The van der Waals surface area contributed by atoms with Crippen LogP contribution in [0.25, 0.3) is 0 Å². The Morgan fingerprint density at radius 2 is 1.74 bits per heavy atom. The maximum atomic E-state index is 13.2. The Bertz CT molecular complexity index is 1010. The van der Waals surface area contributed by atoms with Crippen molar-refractivity contribution in [2.24, 2.45) is 0 Å². The summed E-state index contributed by atoms with van der Waals surface area (Å²) in [5.74, 6) is -2.68. The van der Waals surface area contributed by atoms with Gasteiger partial charge in [-0.25, -0.2) is 18.6 Å². The SMILES string of the molecule is Cc1cccc(NC(=O)Nc2nc(C(=O)Nc3ccc(F)c(F)c3)cs2)c1. The van der Waals surface area contributed by atoms with Gasteiger partial charge in [0.05, 0.1) is 0 Å². The number of hydrogen-bond donors (Lipinski definition) is 3. The average molecular weight is 388 g/mol. The fourth-order valence-corrected chi connectivity index (χ4v) is 2.87. The van der Waals surface area contributed by atoms with E-state index in [1.165, 1.54) is 11.4 Å². The number of benzene rings is 2. The molecule has 0 atom stereocenters. The van der Waals surface area contributed by atoms with E-state index in [4.69, 9.17) is 0 Å². The molecule has 0 spiro atoms. The Morgan fingerprint density at radius 3 is 2.48 bits per heavy atom. The van der Waals surface area contributed by atoms with Gasteiger partial charge in [0.2, 0.25) is 0 Å². The number of halogens is 2. The van der Waals surface area contributed by atoms with Gasteiger partial charge >= 0.3 is 6.03 Å². The van der Waals surface area contributed by atoms with Gasteiger partial charge in [-0.1, -0.05) is 12.1 Å². The first-order chi connectivity index (χ1) is 12.9. The molecule has 3 N–H and O–H groups in total. The van der Waals surface area contributed by atoms with Gasteiger partial charge in [-0.3, -0.25) is 10.1 Å². The van der Waals surface area contributed by atoms with Crippen molar-refractivity contribution in [3.8, 4) is 0 Å². The number of rotatable bonds is 4. The summed E-state index contributed by atoms with van der Waals surface area (Å²) in [4.78, 5) is 28.1. The van der Waals surface area contributed by atoms with Gasteiger partial charge in [0, 0.05) is 22.8 Å². The van der Waals surface area contributed by atoms with Crippen molar-refractivity contribution < 1.29 is 18.4 Å². The summed E-state index contributed by atoms with van der Waals surface area (Å²) >= 11 is 1.06. The molecule has 0 aliphatic heterocycles. The van der Waals surface area contributed by atoms with Gasteiger partial charge in [-0.05, 0) is 36.8 Å². The third kappa shape index (κ3) is 4.85. The maximum absolute atomic E-state index is 13.2. The quantitative estimate of drug-likeness (QED) is 0.610. The molecule has 0 saturated heterocycles. The number of carbonyl (C=O) groups is 2. The molecular weight excluding hydrogens is 374 g/mol. The van der Waals surface area contributed by atoms with E-state index in [2.05, 4.69) is 20.9 Å². The van der Waals surface area contributed by atoms with Crippen LogP contribution in [0.1, 0.15) is 16.1 Å². The minimum Gasteiger partial charge on any atom is -0.321 e. The van der Waals surface area contributed by atoms with E-state index in [1.54, 1.807) is 6.07 Å². The van der Waals surface area contributed by atoms with Crippen LogP contribution in [0.15, 0.2) is 47.8 Å². The standard InChI is InChI=1S/C18H14F2N4O2S/c1-10-3-2-4-11(7-10)22-17(26)24-18-23-15(9-27-18)16(25)21-12-5-6-13(19)14(20)8-12/h2-9H,1H3,(H,21,25)(H2,22,23,24,26). The molecule has 3 rings (SSSR count). The van der Waals surface area contributed by atoms with Crippen LogP contribution in [0.4, 0.5) is 30.1 Å². The molecule has 1 heterocycles. The first-order valence-corrected chi connectivity index (χ1v) is 8.65. The molecular formula is C18H14F2N4O2S. The molecule has 3 amide bonds. The van der Waals surface area contributed by atoms with Crippen molar-refractivity contribution in [2.75, 3.05) is 16.0 Å². The van der Waals surface area contributed by atoms with Crippen LogP contribution in [0.5, 0.6) is 0 Å². The summed E-state index contributed by atoms with van der Waals surface area (Å²) in [6.45, 7) is 1.90. The molecule has 0 bridgehead atoms. The number of aryl methyl sites for hydroxylation is 1.